The number of piperazine rings is 1. The molecule has 2 N–H and O–H groups in total. The molecule has 0 spiro atoms. The topological polar surface area (TPSA) is 141 Å². The minimum atomic E-state index is -1.15. The highest BCUT2D eigenvalue weighted by Crippen LogP contribution is 2.35. The Bertz CT molecular complexity index is 1600. The van der Waals surface area contributed by atoms with Crippen molar-refractivity contribution in [2.45, 2.75) is 84.1 Å². The van der Waals surface area contributed by atoms with Crippen LogP contribution in [0.1, 0.15) is 65.9 Å². The number of benzene rings is 2. The van der Waals surface area contributed by atoms with Crippen LogP contribution in [-0.4, -0.2) is 113 Å². The summed E-state index contributed by atoms with van der Waals surface area (Å²) in [5.41, 5.74) is 0.178. The predicted molar refractivity (Wildman–Crippen MR) is 200 cm³/mol. The van der Waals surface area contributed by atoms with Crippen LogP contribution in [0.5, 0.6) is 11.5 Å². The van der Waals surface area contributed by atoms with Gasteiger partial charge in [-0.05, 0) is 106 Å². The molecular weight excluding hydrogens is 734 g/mol. The Morgan fingerprint density at radius 1 is 0.942 bits per heavy atom. The van der Waals surface area contributed by atoms with Crippen molar-refractivity contribution in [1.82, 2.24) is 20.0 Å². The van der Waals surface area contributed by atoms with E-state index in [2.05, 4.69) is 26.1 Å². The van der Waals surface area contributed by atoms with Crippen molar-refractivity contribution in [3.05, 3.63) is 52.5 Å². The number of carbonyl (C=O) groups excluding carboxylic acids is 3. The molecule has 2 aromatic rings. The highest BCUT2D eigenvalue weighted by Gasteiger charge is 2.39. The second-order valence-corrected chi connectivity index (χ2v) is 16.1. The molecule has 2 aliphatic heterocycles. The van der Waals surface area contributed by atoms with Crippen LogP contribution in [0, 0.1) is 5.92 Å². The van der Waals surface area contributed by atoms with E-state index in [0.29, 0.717) is 37.7 Å². The molecule has 3 aliphatic rings. The Morgan fingerprint density at radius 2 is 1.65 bits per heavy atom. The molecule has 2 saturated heterocycles. The first kappa shape index (κ1) is 39.0. The van der Waals surface area contributed by atoms with Crippen molar-refractivity contribution in [1.29, 1.82) is 0 Å². The monoisotopic (exact) mass is 785 g/mol. The number of piperidine rings is 1. The minimum Gasteiger partial charge on any atom is -0.491 e. The van der Waals surface area contributed by atoms with Crippen LogP contribution in [0.25, 0.3) is 0 Å². The number of rotatable bonds is 12. The van der Waals surface area contributed by atoms with Crippen molar-refractivity contribution in [2.24, 2.45) is 5.92 Å². The van der Waals surface area contributed by atoms with E-state index in [9.17, 15) is 24.3 Å². The number of alkyl carbamates (subject to hydrolysis) is 1. The van der Waals surface area contributed by atoms with E-state index >= 15 is 0 Å². The third-order valence-corrected chi connectivity index (χ3v) is 9.98. The van der Waals surface area contributed by atoms with Gasteiger partial charge in [-0.25, -0.2) is 9.59 Å². The van der Waals surface area contributed by atoms with E-state index in [1.165, 1.54) is 4.90 Å². The van der Waals surface area contributed by atoms with Crippen LogP contribution in [-0.2, 0) is 20.9 Å². The highest BCUT2D eigenvalue weighted by atomic mass is 79.9. The molecule has 0 unspecified atom stereocenters. The Hall–Kier alpha value is -4.20. The summed E-state index contributed by atoms with van der Waals surface area (Å²) in [7, 11) is 0. The highest BCUT2D eigenvalue weighted by molar-refractivity contribution is 9.10. The van der Waals surface area contributed by atoms with E-state index in [-0.39, 0.29) is 50.0 Å². The molecule has 0 aromatic heterocycles. The third kappa shape index (κ3) is 10.7. The average Bonchev–Trinajstić information content (AvgIpc) is 3.94. The summed E-state index contributed by atoms with van der Waals surface area (Å²) in [6, 6.07) is 13.8. The lowest BCUT2D eigenvalue weighted by atomic mass is 9.95. The van der Waals surface area contributed by atoms with Gasteiger partial charge in [0.05, 0.1) is 16.9 Å². The van der Waals surface area contributed by atoms with Crippen LogP contribution in [0.4, 0.5) is 15.3 Å². The number of nitrogens with one attached hydrogen (secondary N) is 1. The number of anilines is 1. The first-order valence-corrected chi connectivity index (χ1v) is 18.9. The van der Waals surface area contributed by atoms with Gasteiger partial charge in [0.25, 0.3) is 5.91 Å². The van der Waals surface area contributed by atoms with Gasteiger partial charge in [0.2, 0.25) is 5.91 Å². The van der Waals surface area contributed by atoms with Gasteiger partial charge in [-0.3, -0.25) is 9.59 Å². The van der Waals surface area contributed by atoms with Crippen molar-refractivity contribution < 1.29 is 38.5 Å². The van der Waals surface area contributed by atoms with Gasteiger partial charge >= 0.3 is 12.2 Å². The van der Waals surface area contributed by atoms with Gasteiger partial charge in [-0.1, -0.05) is 12.1 Å². The summed E-state index contributed by atoms with van der Waals surface area (Å²) in [5, 5.41) is 12.0. The number of halogens is 1. The van der Waals surface area contributed by atoms with Crippen LogP contribution < -0.4 is 19.7 Å². The molecule has 0 radical (unpaired) electrons. The normalized spacial score (nSPS) is 18.0. The molecule has 1 aliphatic carbocycles. The van der Waals surface area contributed by atoms with Crippen LogP contribution in [0.15, 0.2) is 46.9 Å². The summed E-state index contributed by atoms with van der Waals surface area (Å²) in [4.78, 5) is 58.0. The standard InChI is InChI=1S/C38H52BrN5O8/c1-37(2,3)52-35(47)40-15-21-50-32-22-26(11-14-31(32)39)24-44(28-12-13-28)33(45)27-8-7-16-43(25-27)29-9-6-10-30(23-29)51-38(4,5)34(46)41-17-19-42(20-18-41)36(48)49/h6,9-11,14,22-23,27-28H,7-8,12-13,15-21,24-25H2,1-5H3,(H,40,47)(H,48,49)/t27-/m1/s1. The predicted octanol–water partition coefficient (Wildman–Crippen LogP) is 5.74. The summed E-state index contributed by atoms with van der Waals surface area (Å²) < 4.78 is 18.3. The first-order valence-electron chi connectivity index (χ1n) is 18.1. The van der Waals surface area contributed by atoms with Gasteiger partial charge in [-0.2, -0.15) is 0 Å². The second kappa shape index (κ2) is 16.6. The van der Waals surface area contributed by atoms with Crippen LogP contribution in [0.2, 0.25) is 0 Å². The zero-order chi connectivity index (χ0) is 37.6. The first-order chi connectivity index (χ1) is 24.6. The number of ether oxygens (including phenoxy) is 3. The summed E-state index contributed by atoms with van der Waals surface area (Å²) >= 11 is 3.56. The fourth-order valence-corrected chi connectivity index (χ4v) is 6.93. The third-order valence-electron chi connectivity index (χ3n) is 9.33. The average molecular weight is 787 g/mol. The number of amides is 4. The Morgan fingerprint density at radius 3 is 2.33 bits per heavy atom. The number of hydrogen-bond acceptors (Lipinski definition) is 8. The van der Waals surface area contributed by atoms with Crippen molar-refractivity contribution in [3.8, 4) is 11.5 Å². The molecule has 284 valence electrons. The quantitative estimate of drug-likeness (QED) is 0.258. The Kier molecular flexibility index (Phi) is 12.5. The number of carbonyl (C=O) groups is 4. The molecule has 14 heteroatoms. The molecule has 1 atom stereocenters. The fraction of sp³-hybridized carbons (Fsp3) is 0.579. The van der Waals surface area contributed by atoms with Crippen molar-refractivity contribution in [2.75, 3.05) is 57.3 Å². The molecule has 2 aromatic carbocycles. The summed E-state index contributed by atoms with van der Waals surface area (Å²) in [6.45, 7) is 12.5. The molecular formula is C38H52BrN5O8. The Labute approximate surface area is 314 Å². The maximum absolute atomic E-state index is 14.1. The lowest BCUT2D eigenvalue weighted by molar-refractivity contribution is -0.147. The summed E-state index contributed by atoms with van der Waals surface area (Å²) in [6.07, 6.45) is 2.19. The number of hydrogen-bond donors (Lipinski definition) is 2. The van der Waals surface area contributed by atoms with Gasteiger partial charge < -0.3 is 44.2 Å². The zero-order valence-corrected chi connectivity index (χ0v) is 32.4. The van der Waals surface area contributed by atoms with Crippen molar-refractivity contribution in [3.63, 3.8) is 0 Å². The van der Waals surface area contributed by atoms with Gasteiger partial charge in [0.15, 0.2) is 5.60 Å². The molecule has 2 heterocycles. The molecule has 0 bridgehead atoms. The van der Waals surface area contributed by atoms with E-state index < -0.39 is 23.4 Å². The van der Waals surface area contributed by atoms with E-state index in [0.717, 1.165) is 48.0 Å². The molecule has 5 rings (SSSR count). The molecule has 1 saturated carbocycles. The van der Waals surface area contributed by atoms with E-state index in [1.54, 1.807) is 18.7 Å². The second-order valence-electron chi connectivity index (χ2n) is 15.2. The fourth-order valence-electron chi connectivity index (χ4n) is 6.57. The maximum atomic E-state index is 14.1. The van der Waals surface area contributed by atoms with E-state index in [1.807, 2.05) is 68.1 Å². The minimum absolute atomic E-state index is 0.154. The van der Waals surface area contributed by atoms with Crippen molar-refractivity contribution >= 4 is 45.6 Å². The number of carboxylic acid groups (broad SMARTS) is 1. The molecule has 52 heavy (non-hydrogen) atoms. The lowest BCUT2D eigenvalue weighted by Gasteiger charge is -2.38. The Balaban J connectivity index is 1.17. The SMILES string of the molecule is CC(C)(C)OC(=O)NCCOc1cc(CN(C(=O)[C@@H]2CCCN(c3cccc(OC(C)(C)C(=O)N4CCN(C(=O)O)CC4)c3)C2)C2CC2)ccc1Br. The smallest absolute Gasteiger partial charge is 0.407 e. The lowest BCUT2D eigenvalue weighted by Crippen LogP contribution is -2.56. The van der Waals surface area contributed by atoms with E-state index in [4.69, 9.17) is 14.2 Å². The van der Waals surface area contributed by atoms with Crippen LogP contribution >= 0.6 is 15.9 Å². The molecule has 13 nitrogen and oxygen atoms in total. The van der Waals surface area contributed by atoms with Crippen LogP contribution in [0.3, 0.4) is 0 Å². The van der Waals surface area contributed by atoms with Gasteiger partial charge in [0, 0.05) is 63.6 Å². The summed E-state index contributed by atoms with van der Waals surface area (Å²) in [5.74, 6) is 1.00. The molecule has 4 amide bonds. The number of nitrogens with zero attached hydrogens (tertiary/aromatic N) is 4. The van der Waals surface area contributed by atoms with Gasteiger partial charge in [-0.15, -0.1) is 0 Å². The maximum Gasteiger partial charge on any atom is 0.407 e. The zero-order valence-electron chi connectivity index (χ0n) is 30.9. The molecule has 3 fully saturated rings. The largest absolute Gasteiger partial charge is 0.491 e. The van der Waals surface area contributed by atoms with Gasteiger partial charge in [0.1, 0.15) is 23.7 Å².